The molecule has 0 aliphatic carbocycles. The van der Waals surface area contributed by atoms with Gasteiger partial charge in [-0.25, -0.2) is 0 Å². The van der Waals surface area contributed by atoms with Gasteiger partial charge < -0.3 is 15.2 Å². The lowest BCUT2D eigenvalue weighted by molar-refractivity contribution is 0.0690. The van der Waals surface area contributed by atoms with Crippen LogP contribution in [0.5, 0.6) is 0 Å². The highest BCUT2D eigenvalue weighted by atomic mass is 16.2. The van der Waals surface area contributed by atoms with E-state index in [0.717, 1.165) is 43.3 Å². The molecule has 0 radical (unpaired) electrons. The molecule has 0 bridgehead atoms. The Kier molecular flexibility index (Phi) is 6.51. The Hall–Kier alpha value is -3.34. The molecular formula is C26H29N3O2. The van der Waals surface area contributed by atoms with Gasteiger partial charge in [0.1, 0.15) is 0 Å². The van der Waals surface area contributed by atoms with E-state index >= 15 is 0 Å². The summed E-state index contributed by atoms with van der Waals surface area (Å²) in [5, 5.41) is 3.65. The molecule has 4 rings (SSSR count). The number of hydrogen-bond acceptors (Lipinski definition) is 2. The fourth-order valence-electron chi connectivity index (χ4n) is 4.28. The van der Waals surface area contributed by atoms with Crippen LogP contribution in [-0.4, -0.2) is 41.3 Å². The molecule has 31 heavy (non-hydrogen) atoms. The number of nitrogens with zero attached hydrogens (tertiary/aromatic N) is 1. The SMILES string of the molecule is C/C=C/CNC(=O)c1c[nH]c2ccc(C(=O)N3CCC(Cc4ccccc4)CC3)cc12. The van der Waals surface area contributed by atoms with Crippen molar-refractivity contribution in [3.05, 3.63) is 83.6 Å². The van der Waals surface area contributed by atoms with Gasteiger partial charge in [-0.2, -0.15) is 0 Å². The number of likely N-dealkylation sites (tertiary alicyclic amines) is 1. The molecule has 2 amide bonds. The first kappa shape index (κ1) is 20.9. The second-order valence-electron chi connectivity index (χ2n) is 8.17. The predicted octanol–water partition coefficient (Wildman–Crippen LogP) is 4.57. The first-order valence-electron chi connectivity index (χ1n) is 11.0. The topological polar surface area (TPSA) is 65.2 Å². The third-order valence-electron chi connectivity index (χ3n) is 6.06. The zero-order valence-corrected chi connectivity index (χ0v) is 17.9. The van der Waals surface area contributed by atoms with Crippen LogP contribution in [-0.2, 0) is 6.42 Å². The van der Waals surface area contributed by atoms with Gasteiger partial charge in [0.05, 0.1) is 5.56 Å². The lowest BCUT2D eigenvalue weighted by Crippen LogP contribution is -2.38. The summed E-state index contributed by atoms with van der Waals surface area (Å²) < 4.78 is 0. The van der Waals surface area contributed by atoms with Crippen molar-refractivity contribution in [3.63, 3.8) is 0 Å². The van der Waals surface area contributed by atoms with Crippen LogP contribution in [0.2, 0.25) is 0 Å². The molecule has 1 aliphatic rings. The number of benzene rings is 2. The molecule has 1 saturated heterocycles. The summed E-state index contributed by atoms with van der Waals surface area (Å²) in [6.07, 6.45) is 8.61. The Morgan fingerprint density at radius 1 is 1.13 bits per heavy atom. The van der Waals surface area contributed by atoms with Crippen molar-refractivity contribution < 1.29 is 9.59 Å². The lowest BCUT2D eigenvalue weighted by Gasteiger charge is -2.32. The quantitative estimate of drug-likeness (QED) is 0.579. The molecule has 2 aromatic carbocycles. The number of carbonyl (C=O) groups excluding carboxylic acids is 2. The third-order valence-corrected chi connectivity index (χ3v) is 6.06. The lowest BCUT2D eigenvalue weighted by atomic mass is 9.90. The molecule has 160 valence electrons. The minimum atomic E-state index is -0.143. The zero-order valence-electron chi connectivity index (χ0n) is 17.9. The minimum Gasteiger partial charge on any atom is -0.360 e. The maximum atomic E-state index is 13.1. The first-order valence-corrected chi connectivity index (χ1v) is 11.0. The van der Waals surface area contributed by atoms with Crippen LogP contribution in [0.4, 0.5) is 0 Å². The van der Waals surface area contributed by atoms with E-state index in [0.29, 0.717) is 23.6 Å². The average molecular weight is 416 g/mol. The Morgan fingerprint density at radius 3 is 2.65 bits per heavy atom. The normalized spacial score (nSPS) is 14.9. The van der Waals surface area contributed by atoms with Gasteiger partial charge in [-0.3, -0.25) is 9.59 Å². The number of rotatable bonds is 6. The molecule has 5 heteroatoms. The van der Waals surface area contributed by atoms with Crippen LogP contribution < -0.4 is 5.32 Å². The molecule has 1 fully saturated rings. The zero-order chi connectivity index (χ0) is 21.6. The summed E-state index contributed by atoms with van der Waals surface area (Å²) >= 11 is 0. The summed E-state index contributed by atoms with van der Waals surface area (Å²) in [5.41, 5.74) is 3.42. The van der Waals surface area contributed by atoms with Crippen molar-refractivity contribution >= 4 is 22.7 Å². The molecule has 1 aromatic heterocycles. The highest BCUT2D eigenvalue weighted by molar-refractivity contribution is 6.08. The van der Waals surface area contributed by atoms with Crippen molar-refractivity contribution in [3.8, 4) is 0 Å². The van der Waals surface area contributed by atoms with E-state index in [1.165, 1.54) is 5.56 Å². The second kappa shape index (κ2) is 9.65. The Bertz CT molecular complexity index is 1080. The molecule has 5 nitrogen and oxygen atoms in total. The minimum absolute atomic E-state index is 0.0431. The second-order valence-corrected chi connectivity index (χ2v) is 8.17. The molecular weight excluding hydrogens is 386 g/mol. The van der Waals surface area contributed by atoms with Crippen molar-refractivity contribution in [1.29, 1.82) is 0 Å². The standard InChI is InChI=1S/C26H29N3O2/c1-2-3-13-27-25(30)23-18-28-24-10-9-21(17-22(23)24)26(31)29-14-11-20(12-15-29)16-19-7-5-4-6-8-19/h2-10,17-18,20,28H,11-16H2,1H3,(H,27,30)/b3-2+. The van der Waals surface area contributed by atoms with Gasteiger partial charge in [-0.15, -0.1) is 0 Å². The number of piperidine rings is 1. The summed E-state index contributed by atoms with van der Waals surface area (Å²) in [6, 6.07) is 16.1. The third kappa shape index (κ3) is 4.88. The number of carbonyl (C=O) groups is 2. The number of allylic oxidation sites excluding steroid dienone is 1. The van der Waals surface area contributed by atoms with Gasteiger partial charge in [-0.1, -0.05) is 42.5 Å². The van der Waals surface area contributed by atoms with Gasteiger partial charge in [-0.05, 0) is 55.9 Å². The highest BCUT2D eigenvalue weighted by Crippen LogP contribution is 2.25. The monoisotopic (exact) mass is 415 g/mol. The van der Waals surface area contributed by atoms with Gasteiger partial charge in [0.15, 0.2) is 0 Å². The van der Waals surface area contributed by atoms with Crippen molar-refractivity contribution in [2.75, 3.05) is 19.6 Å². The number of hydrogen-bond donors (Lipinski definition) is 2. The van der Waals surface area contributed by atoms with Gasteiger partial charge in [0, 0.05) is 42.3 Å². The fraction of sp³-hybridized carbons (Fsp3) is 0.308. The Balaban J connectivity index is 1.42. The maximum absolute atomic E-state index is 13.1. The van der Waals surface area contributed by atoms with E-state index in [1.54, 1.807) is 6.20 Å². The molecule has 1 aliphatic heterocycles. The van der Waals surface area contributed by atoms with Crippen LogP contribution in [0.1, 0.15) is 46.0 Å². The van der Waals surface area contributed by atoms with Crippen molar-refractivity contribution in [2.45, 2.75) is 26.2 Å². The average Bonchev–Trinajstić information content (AvgIpc) is 3.23. The summed E-state index contributed by atoms with van der Waals surface area (Å²) in [6.45, 7) is 3.95. The van der Waals surface area contributed by atoms with Gasteiger partial charge >= 0.3 is 0 Å². The van der Waals surface area contributed by atoms with Gasteiger partial charge in [0.25, 0.3) is 11.8 Å². The first-order chi connectivity index (χ1) is 15.2. The summed E-state index contributed by atoms with van der Waals surface area (Å²) in [7, 11) is 0. The number of aromatic nitrogens is 1. The van der Waals surface area contributed by atoms with Crippen molar-refractivity contribution in [2.24, 2.45) is 5.92 Å². The molecule has 0 saturated carbocycles. The smallest absolute Gasteiger partial charge is 0.253 e. The Labute approximate surface area is 183 Å². The number of amides is 2. The fourth-order valence-corrected chi connectivity index (χ4v) is 4.28. The summed E-state index contributed by atoms with van der Waals surface area (Å²) in [5.74, 6) is 0.517. The predicted molar refractivity (Wildman–Crippen MR) is 124 cm³/mol. The van der Waals surface area contributed by atoms with Crippen molar-refractivity contribution in [1.82, 2.24) is 15.2 Å². The van der Waals surface area contributed by atoms with E-state index in [9.17, 15) is 9.59 Å². The van der Waals surface area contributed by atoms with Crippen LogP contribution in [0.3, 0.4) is 0 Å². The number of nitrogens with one attached hydrogen (secondary N) is 2. The largest absolute Gasteiger partial charge is 0.360 e. The molecule has 0 unspecified atom stereocenters. The molecule has 3 aromatic rings. The van der Waals surface area contributed by atoms with Crippen LogP contribution >= 0.6 is 0 Å². The molecule has 2 N–H and O–H groups in total. The van der Waals surface area contributed by atoms with E-state index in [4.69, 9.17) is 0 Å². The Morgan fingerprint density at radius 2 is 1.90 bits per heavy atom. The van der Waals surface area contributed by atoms with E-state index in [1.807, 2.05) is 48.2 Å². The van der Waals surface area contributed by atoms with Crippen LogP contribution in [0.15, 0.2) is 66.9 Å². The van der Waals surface area contributed by atoms with Crippen LogP contribution in [0.25, 0.3) is 10.9 Å². The summed E-state index contributed by atoms with van der Waals surface area (Å²) in [4.78, 5) is 30.7. The molecule has 0 atom stereocenters. The van der Waals surface area contributed by atoms with Gasteiger partial charge in [0.2, 0.25) is 0 Å². The van der Waals surface area contributed by atoms with E-state index < -0.39 is 0 Å². The highest BCUT2D eigenvalue weighted by Gasteiger charge is 2.24. The number of fused-ring (bicyclic) bond motifs is 1. The van der Waals surface area contributed by atoms with Crippen LogP contribution in [0, 0.1) is 5.92 Å². The molecule has 2 heterocycles. The number of H-pyrrole nitrogens is 1. The van der Waals surface area contributed by atoms with E-state index in [-0.39, 0.29) is 11.8 Å². The van der Waals surface area contributed by atoms with E-state index in [2.05, 4.69) is 34.6 Å². The number of aromatic amines is 1. The maximum Gasteiger partial charge on any atom is 0.253 e. The molecule has 0 spiro atoms.